The van der Waals surface area contributed by atoms with E-state index in [1.54, 1.807) is 6.07 Å². The number of carboxylic acids is 1. The molecule has 0 unspecified atom stereocenters. The summed E-state index contributed by atoms with van der Waals surface area (Å²) in [5.41, 5.74) is -0.241. The molecule has 0 spiro atoms. The van der Waals surface area contributed by atoms with Crippen LogP contribution >= 0.6 is 0 Å². The van der Waals surface area contributed by atoms with Crippen molar-refractivity contribution in [2.24, 2.45) is 0 Å². The number of carbonyl (C=O) groups is 1. The first kappa shape index (κ1) is 16.2. The predicted molar refractivity (Wildman–Crippen MR) is 69.5 cm³/mol. The lowest BCUT2D eigenvalue weighted by Gasteiger charge is -2.20. The lowest BCUT2D eigenvalue weighted by Crippen LogP contribution is -2.15. The van der Waals surface area contributed by atoms with Gasteiger partial charge in [-0.1, -0.05) is 0 Å². The van der Waals surface area contributed by atoms with Crippen LogP contribution in [0.1, 0.15) is 31.2 Å². The molecule has 0 saturated heterocycles. The summed E-state index contributed by atoms with van der Waals surface area (Å²) in [6, 6.07) is 4.22. The molecule has 0 aliphatic carbocycles. The molecule has 1 aromatic carbocycles. The number of rotatable bonds is 8. The van der Waals surface area contributed by atoms with E-state index in [0.717, 1.165) is 0 Å². The van der Waals surface area contributed by atoms with Gasteiger partial charge in [-0.25, -0.2) is 8.78 Å². The van der Waals surface area contributed by atoms with Gasteiger partial charge in [0.25, 0.3) is 5.92 Å². The molecule has 1 aromatic rings. The highest BCUT2D eigenvalue weighted by Gasteiger charge is 2.34. The number of benzene rings is 1. The second kappa shape index (κ2) is 7.07. The standard InChI is InChI=1S/C14H18F2O4/c1-19-10-6-7-12(20-2)11(9-10)14(15,16)8-4-3-5-13(17)18/h6-7,9H,3-5,8H2,1-2H3,(H,17,18). The van der Waals surface area contributed by atoms with Gasteiger partial charge in [0.15, 0.2) is 0 Å². The highest BCUT2D eigenvalue weighted by molar-refractivity contribution is 5.66. The zero-order chi connectivity index (χ0) is 15.2. The predicted octanol–water partition coefficient (Wildman–Crippen LogP) is 3.44. The molecule has 4 nitrogen and oxygen atoms in total. The van der Waals surface area contributed by atoms with E-state index < -0.39 is 18.3 Å². The molecule has 0 atom stereocenters. The van der Waals surface area contributed by atoms with Gasteiger partial charge in [-0.05, 0) is 31.0 Å². The molecule has 0 heterocycles. The third-order valence-electron chi connectivity index (χ3n) is 2.93. The van der Waals surface area contributed by atoms with Crippen molar-refractivity contribution in [1.29, 1.82) is 0 Å². The molecule has 112 valence electrons. The molecule has 0 amide bonds. The minimum Gasteiger partial charge on any atom is -0.497 e. The highest BCUT2D eigenvalue weighted by atomic mass is 19.3. The van der Waals surface area contributed by atoms with Gasteiger partial charge < -0.3 is 14.6 Å². The molecule has 6 heteroatoms. The van der Waals surface area contributed by atoms with Crippen molar-refractivity contribution in [3.63, 3.8) is 0 Å². The summed E-state index contributed by atoms with van der Waals surface area (Å²) in [6.45, 7) is 0. The molecular formula is C14H18F2O4. The maximum atomic E-state index is 14.2. The number of unbranched alkanes of at least 4 members (excludes halogenated alkanes) is 1. The third kappa shape index (κ3) is 4.36. The van der Waals surface area contributed by atoms with Crippen molar-refractivity contribution < 1.29 is 28.2 Å². The van der Waals surface area contributed by atoms with Gasteiger partial charge >= 0.3 is 5.97 Å². The van der Waals surface area contributed by atoms with Crippen molar-refractivity contribution in [2.45, 2.75) is 31.6 Å². The molecule has 0 radical (unpaired) electrons. The van der Waals surface area contributed by atoms with E-state index in [2.05, 4.69) is 0 Å². The number of alkyl halides is 2. The Bertz CT molecular complexity index is 460. The van der Waals surface area contributed by atoms with Crippen LogP contribution in [0.5, 0.6) is 11.5 Å². The van der Waals surface area contributed by atoms with E-state index in [1.165, 1.54) is 26.4 Å². The molecule has 0 fully saturated rings. The van der Waals surface area contributed by atoms with Crippen LogP contribution in [0.2, 0.25) is 0 Å². The van der Waals surface area contributed by atoms with Crippen LogP contribution < -0.4 is 9.47 Å². The number of methoxy groups -OCH3 is 2. The molecule has 0 aromatic heterocycles. The normalized spacial score (nSPS) is 11.2. The fourth-order valence-electron chi connectivity index (χ4n) is 1.86. The Balaban J connectivity index is 2.81. The lowest BCUT2D eigenvalue weighted by molar-refractivity contribution is -0.137. The molecule has 0 saturated carbocycles. The van der Waals surface area contributed by atoms with Gasteiger partial charge in [0.2, 0.25) is 0 Å². The minimum atomic E-state index is -3.08. The average Bonchev–Trinajstić information content (AvgIpc) is 2.42. The zero-order valence-corrected chi connectivity index (χ0v) is 11.5. The van der Waals surface area contributed by atoms with E-state index in [4.69, 9.17) is 14.6 Å². The Kier molecular flexibility index (Phi) is 5.73. The summed E-state index contributed by atoms with van der Waals surface area (Å²) in [5, 5.41) is 8.49. The van der Waals surface area contributed by atoms with Crippen LogP contribution in [-0.4, -0.2) is 25.3 Å². The Morgan fingerprint density at radius 2 is 1.95 bits per heavy atom. The summed E-state index contributed by atoms with van der Waals surface area (Å²) in [7, 11) is 2.72. The first-order valence-corrected chi connectivity index (χ1v) is 6.23. The maximum absolute atomic E-state index is 14.2. The summed E-state index contributed by atoms with van der Waals surface area (Å²) in [6.07, 6.45) is -0.188. The van der Waals surface area contributed by atoms with Gasteiger partial charge in [0.05, 0.1) is 19.8 Å². The minimum absolute atomic E-state index is 0.0917. The summed E-state index contributed by atoms with van der Waals surface area (Å²) < 4.78 is 38.2. The Labute approximate surface area is 116 Å². The number of halogens is 2. The number of carboxylic acid groups (broad SMARTS) is 1. The zero-order valence-electron chi connectivity index (χ0n) is 11.5. The van der Waals surface area contributed by atoms with Crippen LogP contribution in [0.3, 0.4) is 0 Å². The molecule has 0 bridgehead atoms. The van der Waals surface area contributed by atoms with Crippen LogP contribution in [0.4, 0.5) is 8.78 Å². The van der Waals surface area contributed by atoms with E-state index in [0.29, 0.717) is 5.75 Å². The van der Waals surface area contributed by atoms with E-state index in [9.17, 15) is 13.6 Å². The Hall–Kier alpha value is -1.85. The summed E-state index contributed by atoms with van der Waals surface area (Å²) in [4.78, 5) is 10.4. The first-order valence-electron chi connectivity index (χ1n) is 6.23. The van der Waals surface area contributed by atoms with E-state index in [1.807, 2.05) is 0 Å². The fourth-order valence-corrected chi connectivity index (χ4v) is 1.86. The quantitative estimate of drug-likeness (QED) is 0.744. The molecular weight excluding hydrogens is 270 g/mol. The van der Waals surface area contributed by atoms with Crippen molar-refractivity contribution in [1.82, 2.24) is 0 Å². The van der Waals surface area contributed by atoms with Crippen molar-refractivity contribution in [3.8, 4) is 11.5 Å². The topological polar surface area (TPSA) is 55.8 Å². The van der Waals surface area contributed by atoms with Crippen molar-refractivity contribution in [3.05, 3.63) is 23.8 Å². The molecule has 0 aliphatic rings. The highest BCUT2D eigenvalue weighted by Crippen LogP contribution is 2.40. The van der Waals surface area contributed by atoms with Gasteiger partial charge in [0, 0.05) is 12.8 Å². The van der Waals surface area contributed by atoms with Gasteiger partial charge in [-0.15, -0.1) is 0 Å². The SMILES string of the molecule is COc1ccc(OC)c(C(F)(F)CCCCC(=O)O)c1. The number of hydrogen-bond acceptors (Lipinski definition) is 3. The monoisotopic (exact) mass is 288 g/mol. The van der Waals surface area contributed by atoms with Gasteiger partial charge in [-0.2, -0.15) is 0 Å². The number of hydrogen-bond donors (Lipinski definition) is 1. The van der Waals surface area contributed by atoms with E-state index in [-0.39, 0.29) is 30.6 Å². The van der Waals surface area contributed by atoms with Crippen LogP contribution in [-0.2, 0) is 10.7 Å². The van der Waals surface area contributed by atoms with Gasteiger partial charge in [-0.3, -0.25) is 4.79 Å². The summed E-state index contributed by atoms with van der Waals surface area (Å²) in [5.74, 6) is -3.65. The van der Waals surface area contributed by atoms with Crippen molar-refractivity contribution >= 4 is 5.97 Å². The number of ether oxygens (including phenoxy) is 2. The second-order valence-corrected chi connectivity index (χ2v) is 4.37. The first-order chi connectivity index (χ1) is 9.40. The summed E-state index contributed by atoms with van der Waals surface area (Å²) >= 11 is 0. The second-order valence-electron chi connectivity index (χ2n) is 4.37. The smallest absolute Gasteiger partial charge is 0.303 e. The van der Waals surface area contributed by atoms with Crippen LogP contribution in [0, 0.1) is 0 Å². The largest absolute Gasteiger partial charge is 0.497 e. The maximum Gasteiger partial charge on any atom is 0.303 e. The van der Waals surface area contributed by atoms with Crippen LogP contribution in [0.25, 0.3) is 0 Å². The molecule has 20 heavy (non-hydrogen) atoms. The van der Waals surface area contributed by atoms with Crippen LogP contribution in [0.15, 0.2) is 18.2 Å². The lowest BCUT2D eigenvalue weighted by atomic mass is 10.0. The van der Waals surface area contributed by atoms with Crippen molar-refractivity contribution in [2.75, 3.05) is 14.2 Å². The molecule has 1 N–H and O–H groups in total. The van der Waals surface area contributed by atoms with E-state index >= 15 is 0 Å². The van der Waals surface area contributed by atoms with Gasteiger partial charge in [0.1, 0.15) is 11.5 Å². The molecule has 0 aliphatic heterocycles. The Morgan fingerprint density at radius 3 is 2.50 bits per heavy atom. The average molecular weight is 288 g/mol. The third-order valence-corrected chi connectivity index (χ3v) is 2.93. The molecule has 1 rings (SSSR count). The fraction of sp³-hybridized carbons (Fsp3) is 0.500. The Morgan fingerprint density at radius 1 is 1.25 bits per heavy atom. The number of aliphatic carboxylic acids is 1.